The van der Waals surface area contributed by atoms with Crippen LogP contribution >= 0.6 is 0 Å². The Kier molecular flexibility index (Phi) is 15.2. The SMILES string of the molecule is CC(CC[SiH2]CC(F)CCCF)C[SiH2]CC(F)CCCF. The molecule has 0 fully saturated rings. The largest absolute Gasteiger partial charge is 0.251 e. The minimum Gasteiger partial charge on any atom is -0.251 e. The average Bonchev–Trinajstić information content (AvgIpc) is 2.47. The molecule has 0 N–H and O–H groups in total. The van der Waals surface area contributed by atoms with Gasteiger partial charge in [0.2, 0.25) is 0 Å². The van der Waals surface area contributed by atoms with Crippen LogP contribution in [0.4, 0.5) is 17.6 Å². The third-order valence-electron chi connectivity index (χ3n) is 3.98. The molecule has 3 unspecified atom stereocenters. The van der Waals surface area contributed by atoms with Gasteiger partial charge in [0.25, 0.3) is 0 Å². The standard InChI is InChI=1S/C15H32F4Si2/c1-13(10-21-12-15(19)5-3-8-17)6-9-20-11-14(18)4-2-7-16/h13-15H,2-12,20-21H2,1H3. The van der Waals surface area contributed by atoms with Gasteiger partial charge in [0.05, 0.1) is 25.7 Å². The molecule has 0 nitrogen and oxygen atoms in total. The van der Waals surface area contributed by atoms with E-state index in [2.05, 4.69) is 6.92 Å². The van der Waals surface area contributed by atoms with Gasteiger partial charge in [-0.05, 0) is 43.7 Å². The average molecular weight is 345 g/mol. The van der Waals surface area contributed by atoms with Crippen LogP contribution in [0.25, 0.3) is 0 Å². The molecule has 0 aliphatic rings. The fraction of sp³-hybridized carbons (Fsp3) is 1.00. The van der Waals surface area contributed by atoms with E-state index in [0.29, 0.717) is 43.7 Å². The molecule has 0 amide bonds. The minimum atomic E-state index is -0.795. The van der Waals surface area contributed by atoms with Crippen molar-refractivity contribution in [1.29, 1.82) is 0 Å². The fourth-order valence-electron chi connectivity index (χ4n) is 2.58. The van der Waals surface area contributed by atoms with Gasteiger partial charge in [0.15, 0.2) is 0 Å². The van der Waals surface area contributed by atoms with E-state index < -0.39 is 25.7 Å². The number of halogens is 4. The van der Waals surface area contributed by atoms with E-state index in [1.165, 1.54) is 0 Å². The first-order chi connectivity index (χ1) is 10.1. The molecule has 3 atom stereocenters. The third-order valence-corrected chi connectivity index (χ3v) is 8.35. The highest BCUT2D eigenvalue weighted by atomic mass is 28.2. The van der Waals surface area contributed by atoms with Crippen molar-refractivity contribution < 1.29 is 17.6 Å². The van der Waals surface area contributed by atoms with Crippen LogP contribution in [0.3, 0.4) is 0 Å². The first kappa shape index (κ1) is 21.2. The molecular weight excluding hydrogens is 312 g/mol. The molecule has 6 heteroatoms. The van der Waals surface area contributed by atoms with Crippen molar-refractivity contribution >= 4 is 19.0 Å². The van der Waals surface area contributed by atoms with E-state index in [1.54, 1.807) is 0 Å². The molecule has 21 heavy (non-hydrogen) atoms. The molecule has 0 aromatic heterocycles. The van der Waals surface area contributed by atoms with Gasteiger partial charge in [0.1, 0.15) is 0 Å². The van der Waals surface area contributed by atoms with E-state index in [4.69, 9.17) is 0 Å². The van der Waals surface area contributed by atoms with Gasteiger partial charge >= 0.3 is 0 Å². The van der Waals surface area contributed by atoms with Crippen molar-refractivity contribution in [1.82, 2.24) is 0 Å². The summed E-state index contributed by atoms with van der Waals surface area (Å²) in [6.45, 7) is 1.38. The smallest absolute Gasteiger partial charge is 0.0974 e. The highest BCUT2D eigenvalue weighted by Crippen LogP contribution is 2.16. The van der Waals surface area contributed by atoms with Gasteiger partial charge in [-0.25, -0.2) is 8.78 Å². The van der Waals surface area contributed by atoms with Crippen LogP contribution in [-0.2, 0) is 0 Å². The van der Waals surface area contributed by atoms with Gasteiger partial charge in [0, 0.05) is 19.0 Å². The Balaban J connectivity index is 3.39. The Morgan fingerprint density at radius 2 is 1.29 bits per heavy atom. The van der Waals surface area contributed by atoms with E-state index >= 15 is 0 Å². The summed E-state index contributed by atoms with van der Waals surface area (Å²) in [4.78, 5) is 0. The predicted octanol–water partition coefficient (Wildman–Crippen LogP) is 4.20. The van der Waals surface area contributed by atoms with Crippen LogP contribution in [-0.4, -0.2) is 44.7 Å². The normalized spacial score (nSPS) is 17.0. The van der Waals surface area contributed by atoms with Crippen LogP contribution in [0, 0.1) is 5.92 Å². The second kappa shape index (κ2) is 15.1. The molecule has 0 aromatic rings. The molecule has 0 aliphatic heterocycles. The summed E-state index contributed by atoms with van der Waals surface area (Å²) in [6.07, 6.45) is 1.01. The zero-order valence-electron chi connectivity index (χ0n) is 13.4. The Bertz CT molecular complexity index is 220. The molecular formula is C15H32F4Si2. The highest BCUT2D eigenvalue weighted by molar-refractivity contribution is 6.36. The van der Waals surface area contributed by atoms with Crippen LogP contribution in [0.2, 0.25) is 24.2 Å². The molecule has 0 saturated heterocycles. The lowest BCUT2D eigenvalue weighted by molar-refractivity contribution is 0.315. The van der Waals surface area contributed by atoms with Gasteiger partial charge in [-0.1, -0.05) is 25.4 Å². The summed E-state index contributed by atoms with van der Waals surface area (Å²) >= 11 is 0. The lowest BCUT2D eigenvalue weighted by Crippen LogP contribution is -2.09. The summed E-state index contributed by atoms with van der Waals surface area (Å²) in [6, 6.07) is 3.65. The van der Waals surface area contributed by atoms with Crippen molar-refractivity contribution in [3.63, 3.8) is 0 Å². The molecule has 0 aromatic carbocycles. The first-order valence-corrected chi connectivity index (χ1v) is 12.5. The third kappa shape index (κ3) is 14.8. The molecule has 0 bridgehead atoms. The van der Waals surface area contributed by atoms with Crippen molar-refractivity contribution in [3.8, 4) is 0 Å². The summed E-state index contributed by atoms with van der Waals surface area (Å²) in [5.74, 6) is 0.626. The Morgan fingerprint density at radius 1 is 0.762 bits per heavy atom. The molecule has 0 heterocycles. The highest BCUT2D eigenvalue weighted by Gasteiger charge is 2.10. The Hall–Kier alpha value is 0.154. The molecule has 0 aliphatic carbocycles. The van der Waals surface area contributed by atoms with E-state index in [9.17, 15) is 17.6 Å². The first-order valence-electron chi connectivity index (χ1n) is 8.50. The van der Waals surface area contributed by atoms with Gasteiger partial charge in [-0.3, -0.25) is 8.78 Å². The van der Waals surface area contributed by atoms with Gasteiger partial charge in [-0.15, -0.1) is 0 Å². The molecule has 0 radical (unpaired) electrons. The Morgan fingerprint density at radius 3 is 1.81 bits per heavy atom. The zero-order chi connectivity index (χ0) is 15.9. The van der Waals surface area contributed by atoms with E-state index in [-0.39, 0.29) is 19.0 Å². The maximum atomic E-state index is 13.3. The van der Waals surface area contributed by atoms with Crippen LogP contribution in [0.15, 0.2) is 0 Å². The summed E-state index contributed by atoms with van der Waals surface area (Å²) in [5.41, 5.74) is 0. The van der Waals surface area contributed by atoms with E-state index in [1.807, 2.05) is 0 Å². The number of alkyl halides is 4. The molecule has 0 saturated carbocycles. The second-order valence-electron chi connectivity index (χ2n) is 6.18. The van der Waals surface area contributed by atoms with Crippen molar-refractivity contribution in [2.45, 2.75) is 75.5 Å². The lowest BCUT2D eigenvalue weighted by Gasteiger charge is -2.12. The summed E-state index contributed by atoms with van der Waals surface area (Å²) in [5, 5.41) is 0. The second-order valence-corrected chi connectivity index (χ2v) is 10.0. The van der Waals surface area contributed by atoms with Crippen LogP contribution in [0.5, 0.6) is 0 Å². The lowest BCUT2D eigenvalue weighted by atomic mass is 10.2. The molecule has 0 rings (SSSR count). The molecule has 0 spiro atoms. The maximum Gasteiger partial charge on any atom is 0.0974 e. The van der Waals surface area contributed by atoms with Crippen molar-refractivity contribution in [2.75, 3.05) is 13.3 Å². The predicted molar refractivity (Wildman–Crippen MR) is 90.3 cm³/mol. The maximum absolute atomic E-state index is 13.3. The van der Waals surface area contributed by atoms with E-state index in [0.717, 1.165) is 18.5 Å². The van der Waals surface area contributed by atoms with Crippen molar-refractivity contribution in [2.24, 2.45) is 5.92 Å². The van der Waals surface area contributed by atoms with Crippen molar-refractivity contribution in [3.05, 3.63) is 0 Å². The monoisotopic (exact) mass is 344 g/mol. The summed E-state index contributed by atoms with van der Waals surface area (Å²) in [7, 11) is -0.725. The van der Waals surface area contributed by atoms with Crippen LogP contribution < -0.4 is 0 Å². The Labute approximate surface area is 132 Å². The number of rotatable bonds is 15. The fourth-order valence-corrected chi connectivity index (χ4v) is 6.54. The summed E-state index contributed by atoms with van der Waals surface area (Å²) < 4.78 is 50.5. The number of hydrogen-bond acceptors (Lipinski definition) is 0. The zero-order valence-corrected chi connectivity index (χ0v) is 16.3. The van der Waals surface area contributed by atoms with Gasteiger partial charge in [-0.2, -0.15) is 0 Å². The van der Waals surface area contributed by atoms with Gasteiger partial charge < -0.3 is 0 Å². The van der Waals surface area contributed by atoms with Crippen LogP contribution in [0.1, 0.15) is 39.0 Å². The number of hydrogen-bond donors (Lipinski definition) is 0. The molecule has 128 valence electrons. The topological polar surface area (TPSA) is 0 Å². The quantitative estimate of drug-likeness (QED) is 0.237. The minimum absolute atomic E-state index is 0.351.